The van der Waals surface area contributed by atoms with Gasteiger partial charge in [0.05, 0.1) is 34.6 Å². The molecular formula is C14H20FN3O5S. The van der Waals surface area contributed by atoms with Crippen molar-refractivity contribution in [1.82, 2.24) is 4.31 Å². The predicted octanol–water partition coefficient (Wildman–Crippen LogP) is 1.58. The van der Waals surface area contributed by atoms with Crippen molar-refractivity contribution in [3.05, 3.63) is 34.1 Å². The number of anilines is 1. The zero-order valence-corrected chi connectivity index (χ0v) is 14.3. The van der Waals surface area contributed by atoms with Gasteiger partial charge in [0, 0.05) is 25.7 Å². The minimum atomic E-state index is -3.49. The van der Waals surface area contributed by atoms with E-state index in [9.17, 15) is 22.9 Å². The van der Waals surface area contributed by atoms with Gasteiger partial charge < -0.3 is 10.1 Å². The standard InChI is InChI=1S/C14H20FN3O5S/c1-10-8-17(9-11(2)23-10)24(21,22)6-5-16-14-4-3-12(18(19)20)7-13(14)15/h3-4,7,10-11,16H,5-6,8-9H2,1-2H3/t10-,11-/m0/s1. The molecule has 1 heterocycles. The summed E-state index contributed by atoms with van der Waals surface area (Å²) in [6, 6.07) is 3.17. The first-order valence-electron chi connectivity index (χ1n) is 7.50. The van der Waals surface area contributed by atoms with Crippen molar-refractivity contribution in [3.63, 3.8) is 0 Å². The first-order valence-corrected chi connectivity index (χ1v) is 9.11. The second-order valence-corrected chi connectivity index (χ2v) is 7.83. The van der Waals surface area contributed by atoms with Crippen LogP contribution in [-0.2, 0) is 14.8 Å². The molecule has 0 saturated carbocycles. The minimum absolute atomic E-state index is 0.00279. The maximum absolute atomic E-state index is 13.7. The fourth-order valence-electron chi connectivity index (χ4n) is 2.56. The lowest BCUT2D eigenvalue weighted by Gasteiger charge is -2.34. The Labute approximate surface area is 139 Å². The van der Waals surface area contributed by atoms with E-state index in [1.54, 1.807) is 0 Å². The minimum Gasteiger partial charge on any atom is -0.382 e. The summed E-state index contributed by atoms with van der Waals surface area (Å²) in [6.45, 7) is 4.19. The van der Waals surface area contributed by atoms with Gasteiger partial charge in [-0.1, -0.05) is 0 Å². The van der Waals surface area contributed by atoms with Gasteiger partial charge in [-0.25, -0.2) is 12.8 Å². The smallest absolute Gasteiger partial charge is 0.272 e. The zero-order chi connectivity index (χ0) is 17.9. The highest BCUT2D eigenvalue weighted by atomic mass is 32.2. The lowest BCUT2D eigenvalue weighted by atomic mass is 10.2. The fraction of sp³-hybridized carbons (Fsp3) is 0.571. The van der Waals surface area contributed by atoms with Crippen molar-refractivity contribution in [3.8, 4) is 0 Å². The Balaban J connectivity index is 1.94. The summed E-state index contributed by atoms with van der Waals surface area (Å²) in [6.07, 6.45) is -0.354. The summed E-state index contributed by atoms with van der Waals surface area (Å²) in [5.41, 5.74) is -0.332. The number of benzene rings is 1. The number of non-ortho nitro benzene ring substituents is 1. The molecule has 0 bridgehead atoms. The van der Waals surface area contributed by atoms with E-state index in [1.807, 2.05) is 13.8 Å². The average molecular weight is 361 g/mol. The largest absolute Gasteiger partial charge is 0.382 e. The van der Waals surface area contributed by atoms with Crippen LogP contribution in [0.1, 0.15) is 13.8 Å². The van der Waals surface area contributed by atoms with Crippen LogP contribution in [0, 0.1) is 15.9 Å². The van der Waals surface area contributed by atoms with E-state index in [0.717, 1.165) is 12.1 Å². The first-order chi connectivity index (χ1) is 11.2. The number of halogens is 1. The molecule has 0 amide bonds. The molecule has 1 saturated heterocycles. The normalized spacial score (nSPS) is 22.3. The highest BCUT2D eigenvalue weighted by molar-refractivity contribution is 7.89. The van der Waals surface area contributed by atoms with Gasteiger partial charge in [0.2, 0.25) is 10.0 Å². The molecule has 0 aliphatic carbocycles. The van der Waals surface area contributed by atoms with Crippen LogP contribution in [0.5, 0.6) is 0 Å². The quantitative estimate of drug-likeness (QED) is 0.610. The molecule has 2 rings (SSSR count). The highest BCUT2D eigenvalue weighted by Gasteiger charge is 2.30. The second-order valence-electron chi connectivity index (χ2n) is 5.74. The van der Waals surface area contributed by atoms with Crippen molar-refractivity contribution in [1.29, 1.82) is 0 Å². The van der Waals surface area contributed by atoms with Crippen LogP contribution in [0.25, 0.3) is 0 Å². The molecule has 1 aliphatic heterocycles. The lowest BCUT2D eigenvalue weighted by molar-refractivity contribution is -0.385. The van der Waals surface area contributed by atoms with E-state index in [1.165, 1.54) is 10.4 Å². The summed E-state index contributed by atoms with van der Waals surface area (Å²) in [7, 11) is -3.49. The number of nitrogens with zero attached hydrogens (tertiary/aromatic N) is 2. The molecule has 24 heavy (non-hydrogen) atoms. The van der Waals surface area contributed by atoms with Crippen molar-refractivity contribution in [2.45, 2.75) is 26.1 Å². The molecule has 2 atom stereocenters. The first kappa shape index (κ1) is 18.6. The molecule has 8 nitrogen and oxygen atoms in total. The second kappa shape index (κ2) is 7.41. The Morgan fingerprint density at radius 2 is 2.00 bits per heavy atom. The maximum Gasteiger partial charge on any atom is 0.272 e. The summed E-state index contributed by atoms with van der Waals surface area (Å²) in [4.78, 5) is 9.87. The number of rotatable bonds is 6. The van der Waals surface area contributed by atoms with Crippen LogP contribution in [-0.4, -0.2) is 55.2 Å². The Hall–Kier alpha value is -1.78. The van der Waals surface area contributed by atoms with Crippen molar-refractivity contribution in [2.75, 3.05) is 30.7 Å². The number of nitro groups is 1. The summed E-state index contributed by atoms with van der Waals surface area (Å²) < 4.78 is 45.3. The number of hydrogen-bond donors (Lipinski definition) is 1. The van der Waals surface area contributed by atoms with Crippen molar-refractivity contribution in [2.24, 2.45) is 0 Å². The molecule has 1 N–H and O–H groups in total. The molecular weight excluding hydrogens is 341 g/mol. The number of sulfonamides is 1. The third kappa shape index (κ3) is 4.62. The van der Waals surface area contributed by atoms with Crippen LogP contribution >= 0.6 is 0 Å². The van der Waals surface area contributed by atoms with Gasteiger partial charge in [-0.3, -0.25) is 10.1 Å². The number of nitro benzene ring substituents is 1. The molecule has 1 fully saturated rings. The molecule has 0 spiro atoms. The van der Waals surface area contributed by atoms with Crippen molar-refractivity contribution < 1.29 is 22.5 Å². The van der Waals surface area contributed by atoms with E-state index in [2.05, 4.69) is 5.32 Å². The van der Waals surface area contributed by atoms with Crippen molar-refractivity contribution >= 4 is 21.4 Å². The van der Waals surface area contributed by atoms with Crippen LogP contribution in [0.15, 0.2) is 18.2 Å². The fourth-order valence-corrected chi connectivity index (χ4v) is 4.05. The van der Waals surface area contributed by atoms with Crippen LogP contribution in [0.4, 0.5) is 15.8 Å². The highest BCUT2D eigenvalue weighted by Crippen LogP contribution is 2.20. The van der Waals surface area contributed by atoms with E-state index in [4.69, 9.17) is 4.74 Å². The molecule has 0 aromatic heterocycles. The zero-order valence-electron chi connectivity index (χ0n) is 13.4. The summed E-state index contributed by atoms with van der Waals surface area (Å²) >= 11 is 0. The monoisotopic (exact) mass is 361 g/mol. The predicted molar refractivity (Wildman–Crippen MR) is 86.9 cm³/mol. The van der Waals surface area contributed by atoms with Crippen LogP contribution in [0.2, 0.25) is 0 Å². The van der Waals surface area contributed by atoms with Gasteiger partial charge in [-0.05, 0) is 19.9 Å². The van der Waals surface area contributed by atoms with Gasteiger partial charge in [-0.15, -0.1) is 0 Å². The van der Waals surface area contributed by atoms with E-state index in [-0.39, 0.29) is 35.9 Å². The van der Waals surface area contributed by atoms with Gasteiger partial charge in [0.25, 0.3) is 5.69 Å². The Morgan fingerprint density at radius 1 is 1.38 bits per heavy atom. The van der Waals surface area contributed by atoms with E-state index < -0.39 is 20.8 Å². The lowest BCUT2D eigenvalue weighted by Crippen LogP contribution is -2.49. The molecule has 134 valence electrons. The third-order valence-corrected chi connectivity index (χ3v) is 5.42. The molecule has 1 aliphatic rings. The van der Waals surface area contributed by atoms with E-state index >= 15 is 0 Å². The number of morpholine rings is 1. The Kier molecular flexibility index (Phi) is 5.73. The van der Waals surface area contributed by atoms with Crippen LogP contribution < -0.4 is 5.32 Å². The SMILES string of the molecule is C[C@H]1CN(S(=O)(=O)CCNc2ccc([N+](=O)[O-])cc2F)C[C@H](C)O1. The average Bonchev–Trinajstić information content (AvgIpc) is 2.47. The third-order valence-electron chi connectivity index (χ3n) is 3.62. The molecule has 1 aromatic rings. The molecule has 0 radical (unpaired) electrons. The molecule has 0 unspecified atom stereocenters. The number of hydrogen-bond acceptors (Lipinski definition) is 6. The molecule has 10 heteroatoms. The van der Waals surface area contributed by atoms with E-state index in [0.29, 0.717) is 13.1 Å². The Bertz CT molecular complexity index is 702. The number of ether oxygens (including phenoxy) is 1. The van der Waals surface area contributed by atoms with Gasteiger partial charge >= 0.3 is 0 Å². The van der Waals surface area contributed by atoms with Crippen LogP contribution in [0.3, 0.4) is 0 Å². The maximum atomic E-state index is 13.7. The van der Waals surface area contributed by atoms with Gasteiger partial charge in [0.15, 0.2) is 5.82 Å². The topological polar surface area (TPSA) is 102 Å². The summed E-state index contributed by atoms with van der Waals surface area (Å²) in [5, 5.41) is 13.2. The van der Waals surface area contributed by atoms with Gasteiger partial charge in [0.1, 0.15) is 0 Å². The molecule has 1 aromatic carbocycles. The van der Waals surface area contributed by atoms with Gasteiger partial charge in [-0.2, -0.15) is 4.31 Å². The Morgan fingerprint density at radius 3 is 2.54 bits per heavy atom. The number of nitrogens with one attached hydrogen (secondary N) is 1. The summed E-state index contributed by atoms with van der Waals surface area (Å²) in [5.74, 6) is -1.00.